The Bertz CT molecular complexity index is 413. The van der Waals surface area contributed by atoms with Crippen LogP contribution in [0, 0.1) is 0 Å². The molecular formula is C13H20BrN3O2. The molecule has 0 fully saturated rings. The average Bonchev–Trinajstić information content (AvgIpc) is 2.40. The van der Waals surface area contributed by atoms with Crippen molar-refractivity contribution < 1.29 is 9.53 Å². The molecule has 0 atom stereocenters. The number of hydrogen-bond acceptors (Lipinski definition) is 4. The van der Waals surface area contributed by atoms with Crippen molar-refractivity contribution in [3.05, 3.63) is 22.3 Å². The second-order valence-electron chi connectivity index (χ2n) is 4.16. The third kappa shape index (κ3) is 6.02. The number of nitrogens with two attached hydrogens (primary N) is 1. The Kier molecular flexibility index (Phi) is 7.43. The minimum absolute atomic E-state index is 0.208. The van der Waals surface area contributed by atoms with E-state index in [0.717, 1.165) is 30.3 Å². The fraction of sp³-hybridized carbons (Fsp3) is 0.538. The van der Waals surface area contributed by atoms with E-state index in [-0.39, 0.29) is 11.7 Å². The lowest BCUT2D eigenvalue weighted by Crippen LogP contribution is -2.26. The van der Waals surface area contributed by atoms with Gasteiger partial charge in [0.1, 0.15) is 5.82 Å². The second-order valence-corrected chi connectivity index (χ2v) is 5.08. The summed E-state index contributed by atoms with van der Waals surface area (Å²) < 4.78 is 6.14. The molecule has 1 heterocycles. The van der Waals surface area contributed by atoms with Gasteiger partial charge in [-0.2, -0.15) is 0 Å². The lowest BCUT2D eigenvalue weighted by atomic mass is 10.2. The number of carbonyl (C=O) groups excluding carboxylic acids is 1. The first-order valence-corrected chi connectivity index (χ1v) is 7.21. The van der Waals surface area contributed by atoms with Gasteiger partial charge in [-0.25, -0.2) is 4.98 Å². The molecule has 0 aliphatic heterocycles. The van der Waals surface area contributed by atoms with Crippen LogP contribution in [-0.4, -0.2) is 30.6 Å². The number of hydrogen-bond donors (Lipinski definition) is 2. The molecule has 0 spiro atoms. The van der Waals surface area contributed by atoms with Crippen molar-refractivity contribution in [2.24, 2.45) is 0 Å². The van der Waals surface area contributed by atoms with E-state index in [0.29, 0.717) is 18.7 Å². The Morgan fingerprint density at radius 1 is 1.47 bits per heavy atom. The van der Waals surface area contributed by atoms with E-state index in [9.17, 15) is 4.79 Å². The highest BCUT2D eigenvalue weighted by molar-refractivity contribution is 9.10. The number of carbonyl (C=O) groups is 1. The summed E-state index contributed by atoms with van der Waals surface area (Å²) in [5.41, 5.74) is 6.05. The number of nitrogens with zero attached hydrogens (tertiary/aromatic N) is 1. The molecule has 3 N–H and O–H groups in total. The number of pyridine rings is 1. The van der Waals surface area contributed by atoms with E-state index in [1.165, 1.54) is 0 Å². The third-order valence-corrected chi connectivity index (χ3v) is 2.96. The monoisotopic (exact) mass is 329 g/mol. The molecule has 1 rings (SSSR count). The van der Waals surface area contributed by atoms with Crippen molar-refractivity contribution in [3.8, 4) is 0 Å². The molecule has 106 valence electrons. The second kappa shape index (κ2) is 8.87. The third-order valence-electron chi connectivity index (χ3n) is 2.52. The number of nitrogen functional groups attached to an aromatic ring is 1. The number of ether oxygens (including phenoxy) is 1. The van der Waals surface area contributed by atoms with Gasteiger partial charge < -0.3 is 15.8 Å². The van der Waals surface area contributed by atoms with Gasteiger partial charge in [-0.3, -0.25) is 4.79 Å². The highest BCUT2D eigenvalue weighted by atomic mass is 79.9. The van der Waals surface area contributed by atoms with Crippen LogP contribution in [-0.2, 0) is 4.74 Å². The number of anilines is 1. The standard InChI is InChI=1S/C13H20BrN3O2/c1-2-3-6-19-7-4-5-16-13(18)11-8-10(14)9-17-12(11)15/h8-9H,2-7H2,1H3,(H2,15,17)(H,16,18). The normalized spacial score (nSPS) is 10.4. The maximum Gasteiger partial charge on any atom is 0.255 e. The molecule has 0 bridgehead atoms. The molecule has 1 aromatic rings. The van der Waals surface area contributed by atoms with Gasteiger partial charge in [-0.05, 0) is 34.8 Å². The van der Waals surface area contributed by atoms with Crippen LogP contribution in [0.3, 0.4) is 0 Å². The van der Waals surface area contributed by atoms with Crippen molar-refractivity contribution in [1.82, 2.24) is 10.3 Å². The van der Waals surface area contributed by atoms with Crippen LogP contribution in [0.25, 0.3) is 0 Å². The van der Waals surface area contributed by atoms with Crippen molar-refractivity contribution in [2.45, 2.75) is 26.2 Å². The van der Waals surface area contributed by atoms with E-state index < -0.39 is 0 Å². The van der Waals surface area contributed by atoms with E-state index in [4.69, 9.17) is 10.5 Å². The maximum atomic E-state index is 11.9. The van der Waals surface area contributed by atoms with Crippen LogP contribution in [0.5, 0.6) is 0 Å². The highest BCUT2D eigenvalue weighted by Crippen LogP contribution is 2.15. The molecule has 0 saturated heterocycles. The lowest BCUT2D eigenvalue weighted by molar-refractivity contribution is 0.0941. The molecule has 0 unspecified atom stereocenters. The van der Waals surface area contributed by atoms with E-state index >= 15 is 0 Å². The van der Waals surface area contributed by atoms with E-state index in [1.807, 2.05) is 0 Å². The lowest BCUT2D eigenvalue weighted by Gasteiger charge is -2.07. The number of amides is 1. The van der Waals surface area contributed by atoms with Gasteiger partial charge in [0.25, 0.3) is 5.91 Å². The summed E-state index contributed by atoms with van der Waals surface area (Å²) >= 11 is 3.26. The molecular weight excluding hydrogens is 310 g/mol. The molecule has 5 nitrogen and oxygen atoms in total. The van der Waals surface area contributed by atoms with E-state index in [2.05, 4.69) is 33.2 Å². The predicted molar refractivity (Wildman–Crippen MR) is 79.0 cm³/mol. The quantitative estimate of drug-likeness (QED) is 0.718. The molecule has 19 heavy (non-hydrogen) atoms. The largest absolute Gasteiger partial charge is 0.383 e. The first-order valence-electron chi connectivity index (χ1n) is 6.42. The first kappa shape index (κ1) is 15.9. The van der Waals surface area contributed by atoms with Crippen LogP contribution in [0.15, 0.2) is 16.7 Å². The summed E-state index contributed by atoms with van der Waals surface area (Å²) in [6, 6.07) is 1.66. The zero-order valence-electron chi connectivity index (χ0n) is 11.1. The summed E-state index contributed by atoms with van der Waals surface area (Å²) in [4.78, 5) is 15.8. The van der Waals surface area contributed by atoms with Gasteiger partial charge in [0, 0.05) is 30.4 Å². The number of unbranched alkanes of at least 4 members (excludes halogenated alkanes) is 1. The fourth-order valence-electron chi connectivity index (χ4n) is 1.45. The molecule has 0 aliphatic rings. The highest BCUT2D eigenvalue weighted by Gasteiger charge is 2.10. The summed E-state index contributed by atoms with van der Waals surface area (Å²) in [5.74, 6) is 0.0275. The van der Waals surface area contributed by atoms with Gasteiger partial charge >= 0.3 is 0 Å². The van der Waals surface area contributed by atoms with Crippen molar-refractivity contribution in [3.63, 3.8) is 0 Å². The average molecular weight is 330 g/mol. The molecule has 0 saturated carbocycles. The fourth-order valence-corrected chi connectivity index (χ4v) is 1.78. The SMILES string of the molecule is CCCCOCCCNC(=O)c1cc(Br)cnc1N. The Hall–Kier alpha value is -1.14. The topological polar surface area (TPSA) is 77.2 Å². The minimum Gasteiger partial charge on any atom is -0.383 e. The summed E-state index contributed by atoms with van der Waals surface area (Å²) in [7, 11) is 0. The molecule has 1 aromatic heterocycles. The smallest absolute Gasteiger partial charge is 0.255 e. The first-order chi connectivity index (χ1) is 9.15. The van der Waals surface area contributed by atoms with Crippen molar-refractivity contribution in [1.29, 1.82) is 0 Å². The van der Waals surface area contributed by atoms with Crippen LogP contribution >= 0.6 is 15.9 Å². The number of halogens is 1. The van der Waals surface area contributed by atoms with Crippen LogP contribution in [0.4, 0.5) is 5.82 Å². The van der Waals surface area contributed by atoms with Crippen LogP contribution in [0.1, 0.15) is 36.5 Å². The van der Waals surface area contributed by atoms with Crippen molar-refractivity contribution >= 4 is 27.7 Å². The van der Waals surface area contributed by atoms with Gasteiger partial charge in [-0.15, -0.1) is 0 Å². The maximum absolute atomic E-state index is 11.9. The van der Waals surface area contributed by atoms with Gasteiger partial charge in [0.15, 0.2) is 0 Å². The van der Waals surface area contributed by atoms with Gasteiger partial charge in [0.05, 0.1) is 5.56 Å². The molecule has 6 heteroatoms. The zero-order valence-corrected chi connectivity index (χ0v) is 12.7. The van der Waals surface area contributed by atoms with Crippen LogP contribution in [0.2, 0.25) is 0 Å². The minimum atomic E-state index is -0.208. The Balaban J connectivity index is 2.26. The summed E-state index contributed by atoms with van der Waals surface area (Å²) in [6.45, 7) is 4.14. The zero-order chi connectivity index (χ0) is 14.1. The number of aromatic nitrogens is 1. The Morgan fingerprint density at radius 3 is 2.95 bits per heavy atom. The summed E-state index contributed by atoms with van der Waals surface area (Å²) in [6.07, 6.45) is 4.56. The Morgan fingerprint density at radius 2 is 2.21 bits per heavy atom. The molecule has 0 aliphatic carbocycles. The molecule has 0 radical (unpaired) electrons. The Labute approximate surface area is 122 Å². The summed E-state index contributed by atoms with van der Waals surface area (Å²) in [5, 5.41) is 2.80. The van der Waals surface area contributed by atoms with Gasteiger partial charge in [-0.1, -0.05) is 13.3 Å². The van der Waals surface area contributed by atoms with E-state index in [1.54, 1.807) is 12.3 Å². The number of nitrogens with one attached hydrogen (secondary N) is 1. The molecule has 1 amide bonds. The molecule has 0 aromatic carbocycles. The predicted octanol–water partition coefficient (Wildman–Crippen LogP) is 2.36. The van der Waals surface area contributed by atoms with Crippen molar-refractivity contribution in [2.75, 3.05) is 25.5 Å². The van der Waals surface area contributed by atoms with Crippen LogP contribution < -0.4 is 11.1 Å². The van der Waals surface area contributed by atoms with Gasteiger partial charge in [0.2, 0.25) is 0 Å². The number of rotatable bonds is 8.